The maximum absolute atomic E-state index is 6.09. The Balaban J connectivity index is 1.36. The molecule has 0 radical (unpaired) electrons. The lowest BCUT2D eigenvalue weighted by atomic mass is 9.92. The van der Waals surface area contributed by atoms with E-state index in [1.807, 2.05) is 12.3 Å². The molecule has 2 fully saturated rings. The number of anilines is 2. The van der Waals surface area contributed by atoms with Gasteiger partial charge < -0.3 is 29.8 Å². The zero-order valence-electron chi connectivity index (χ0n) is 22.6. The predicted octanol–water partition coefficient (Wildman–Crippen LogP) is 3.41. The number of fused-ring (bicyclic) bond motifs is 1. The zero-order chi connectivity index (χ0) is 26.7. The third-order valence-electron chi connectivity index (χ3n) is 7.35. The van der Waals surface area contributed by atoms with Gasteiger partial charge in [-0.25, -0.2) is 9.29 Å². The van der Waals surface area contributed by atoms with Crippen LogP contribution in [-0.4, -0.2) is 82.9 Å². The number of nitrogen functional groups attached to an aromatic ring is 1. The lowest BCUT2D eigenvalue weighted by Crippen LogP contribution is -2.68. The number of likely N-dealkylation sites (tertiary alicyclic amines) is 1. The molecule has 206 valence electrons. The van der Waals surface area contributed by atoms with Gasteiger partial charge in [0.15, 0.2) is 5.82 Å². The van der Waals surface area contributed by atoms with Gasteiger partial charge in [-0.05, 0) is 30.2 Å². The van der Waals surface area contributed by atoms with Crippen LogP contribution in [0.2, 0.25) is 0 Å². The third kappa shape index (κ3) is 5.66. The number of benzene rings is 1. The van der Waals surface area contributed by atoms with E-state index in [4.69, 9.17) is 19.9 Å². The first-order valence-corrected chi connectivity index (χ1v) is 13.7. The molecule has 2 saturated heterocycles. The number of hydrogen-bond donors (Lipinski definition) is 3. The smallest absolute Gasteiger partial charge is 0.222 e. The molecule has 0 unspecified atom stereocenters. The summed E-state index contributed by atoms with van der Waals surface area (Å²) < 4.78 is 22.0. The van der Waals surface area contributed by atoms with Crippen LogP contribution in [0.25, 0.3) is 11.0 Å². The topological polar surface area (TPSA) is 103 Å². The molecule has 4 heterocycles. The second-order valence-electron chi connectivity index (χ2n) is 10.3. The number of nitrogens with one attached hydrogen (secondary N) is 1. The van der Waals surface area contributed by atoms with Crippen molar-refractivity contribution in [3.63, 3.8) is 0 Å². The number of nitrogens with zero attached hydrogens (tertiary/aromatic N) is 5. The van der Waals surface area contributed by atoms with E-state index in [1.165, 1.54) is 0 Å². The van der Waals surface area contributed by atoms with Crippen LogP contribution in [0.5, 0.6) is 11.5 Å². The van der Waals surface area contributed by atoms with Crippen LogP contribution >= 0.6 is 12.8 Å². The zero-order valence-corrected chi connectivity index (χ0v) is 23.5. The van der Waals surface area contributed by atoms with E-state index in [-0.39, 0.29) is 11.5 Å². The number of morpholine rings is 1. The summed E-state index contributed by atoms with van der Waals surface area (Å²) >= 11 is 4.53. The van der Waals surface area contributed by atoms with E-state index in [0.717, 1.165) is 105 Å². The highest BCUT2D eigenvalue weighted by atomic mass is 32.1. The molecule has 5 rings (SSSR count). The lowest BCUT2D eigenvalue weighted by Gasteiger charge is -2.53. The molecule has 38 heavy (non-hydrogen) atoms. The van der Waals surface area contributed by atoms with Crippen molar-refractivity contribution in [2.45, 2.75) is 44.9 Å². The Labute approximate surface area is 230 Å². The highest BCUT2D eigenvalue weighted by Crippen LogP contribution is 2.36. The highest BCUT2D eigenvalue weighted by molar-refractivity contribution is 7.77. The molecule has 1 spiro atoms. The largest absolute Gasteiger partial charge is 0.496 e. The molecule has 3 N–H and O–H groups in total. The fraction of sp³-hybridized carbons (Fsp3) is 0.556. The molecule has 11 heteroatoms. The van der Waals surface area contributed by atoms with Crippen molar-refractivity contribution >= 4 is 35.6 Å². The van der Waals surface area contributed by atoms with Crippen molar-refractivity contribution in [3.8, 4) is 11.5 Å². The van der Waals surface area contributed by atoms with Gasteiger partial charge in [0.1, 0.15) is 22.6 Å². The Hall–Kier alpha value is -2.73. The van der Waals surface area contributed by atoms with Crippen LogP contribution in [0, 0.1) is 0 Å². The maximum atomic E-state index is 6.09. The summed E-state index contributed by atoms with van der Waals surface area (Å²) in [5.41, 5.74) is 9.73. The number of hydrogen-bond acceptors (Lipinski definition) is 10. The average molecular weight is 542 g/mol. The first-order chi connectivity index (χ1) is 18.4. The number of methoxy groups -OCH3 is 2. The quantitative estimate of drug-likeness (QED) is 0.249. The Bertz CT molecular complexity index is 1240. The molecule has 0 bridgehead atoms. The van der Waals surface area contributed by atoms with Crippen molar-refractivity contribution in [2.24, 2.45) is 0 Å². The third-order valence-corrected chi connectivity index (χ3v) is 7.70. The molecule has 0 atom stereocenters. The summed E-state index contributed by atoms with van der Waals surface area (Å²) in [5, 5.41) is 3.47. The molecule has 2 aromatic heterocycles. The fourth-order valence-electron chi connectivity index (χ4n) is 5.57. The molecular formula is C27H39N7O3S. The van der Waals surface area contributed by atoms with E-state index in [2.05, 4.69) is 60.9 Å². The first-order valence-electron chi connectivity index (χ1n) is 13.3. The summed E-state index contributed by atoms with van der Waals surface area (Å²) in [4.78, 5) is 11.3. The van der Waals surface area contributed by atoms with Gasteiger partial charge in [-0.1, -0.05) is 32.6 Å². The van der Waals surface area contributed by atoms with Gasteiger partial charge in [0, 0.05) is 45.5 Å². The van der Waals surface area contributed by atoms with E-state index < -0.39 is 0 Å². The average Bonchev–Trinajstić information content (AvgIpc) is 3.28. The normalized spacial score (nSPS) is 17.6. The van der Waals surface area contributed by atoms with Gasteiger partial charge in [-0.2, -0.15) is 4.98 Å². The minimum Gasteiger partial charge on any atom is -0.496 e. The van der Waals surface area contributed by atoms with Gasteiger partial charge in [0.25, 0.3) is 0 Å². The number of aromatic nitrogens is 3. The molecule has 0 saturated carbocycles. The molecule has 2 aliphatic heterocycles. The van der Waals surface area contributed by atoms with Crippen LogP contribution in [0.1, 0.15) is 37.3 Å². The molecule has 0 aliphatic carbocycles. The van der Waals surface area contributed by atoms with E-state index in [9.17, 15) is 0 Å². The van der Waals surface area contributed by atoms with Gasteiger partial charge in [0.05, 0.1) is 38.5 Å². The number of rotatable bonds is 11. The number of unbranched alkanes of at least 4 members (excludes halogenated alkanes) is 2. The lowest BCUT2D eigenvalue weighted by molar-refractivity contribution is -0.172. The minimum atomic E-state index is -0.0999. The molecule has 0 amide bonds. The molecule has 2 aliphatic rings. The second-order valence-corrected chi connectivity index (χ2v) is 10.9. The van der Waals surface area contributed by atoms with Crippen LogP contribution in [0.15, 0.2) is 24.4 Å². The molecule has 10 nitrogen and oxygen atoms in total. The summed E-state index contributed by atoms with van der Waals surface area (Å²) in [7, 11) is 3.41. The first kappa shape index (κ1) is 26.9. The summed E-state index contributed by atoms with van der Waals surface area (Å²) in [6.45, 7) is 8.62. The highest BCUT2D eigenvalue weighted by Gasteiger charge is 2.46. The SMILES string of the molecule is CCCCCNc1nc(N)nc2ccn(Cc3c(OC)cc(CN4CC5(CN(S)CCO5)C4)cc3OC)c12. The van der Waals surface area contributed by atoms with Crippen LogP contribution < -0.4 is 20.5 Å². The summed E-state index contributed by atoms with van der Waals surface area (Å²) in [6, 6.07) is 6.19. The van der Waals surface area contributed by atoms with Crippen molar-refractivity contribution in [3.05, 3.63) is 35.5 Å². The number of ether oxygens (including phenoxy) is 3. The fourth-order valence-corrected chi connectivity index (χ4v) is 5.91. The van der Waals surface area contributed by atoms with Crippen molar-refractivity contribution < 1.29 is 14.2 Å². The van der Waals surface area contributed by atoms with E-state index in [0.29, 0.717) is 6.54 Å². The molecule has 3 aromatic rings. The van der Waals surface area contributed by atoms with E-state index >= 15 is 0 Å². The number of thiol groups is 1. The number of nitrogens with two attached hydrogens (primary N) is 1. The van der Waals surface area contributed by atoms with Crippen molar-refractivity contribution in [1.82, 2.24) is 23.7 Å². The van der Waals surface area contributed by atoms with Crippen LogP contribution in [0.4, 0.5) is 11.8 Å². The predicted molar refractivity (Wildman–Crippen MR) is 153 cm³/mol. The van der Waals surface area contributed by atoms with Gasteiger partial charge in [0.2, 0.25) is 5.95 Å². The summed E-state index contributed by atoms with van der Waals surface area (Å²) in [6.07, 6.45) is 5.41. The Morgan fingerprint density at radius 1 is 1.11 bits per heavy atom. The standard InChI is InChI=1S/C27H39N7O3S/c1-4-5-6-8-29-25-24-21(30-26(28)31-25)7-9-33(24)15-20-22(35-2)12-19(13-23(20)36-3)14-32-16-27(17-32)18-34(38)10-11-37-27/h7,9,12-13,38H,4-6,8,10-11,14-18H2,1-3H3,(H3,28,29,30,31). The van der Waals surface area contributed by atoms with Gasteiger partial charge >= 0.3 is 0 Å². The monoisotopic (exact) mass is 541 g/mol. The maximum Gasteiger partial charge on any atom is 0.222 e. The Morgan fingerprint density at radius 2 is 1.87 bits per heavy atom. The van der Waals surface area contributed by atoms with Crippen LogP contribution in [-0.2, 0) is 17.8 Å². The molecular weight excluding hydrogens is 502 g/mol. The Morgan fingerprint density at radius 3 is 2.55 bits per heavy atom. The van der Waals surface area contributed by atoms with Crippen molar-refractivity contribution in [2.75, 3.05) is 64.6 Å². The van der Waals surface area contributed by atoms with Crippen molar-refractivity contribution in [1.29, 1.82) is 0 Å². The summed E-state index contributed by atoms with van der Waals surface area (Å²) in [5.74, 6) is 2.60. The Kier molecular flexibility index (Phi) is 8.18. The van der Waals surface area contributed by atoms with Crippen LogP contribution in [0.3, 0.4) is 0 Å². The second kappa shape index (κ2) is 11.6. The van der Waals surface area contributed by atoms with Gasteiger partial charge in [-0.3, -0.25) is 4.90 Å². The molecule has 1 aromatic carbocycles. The van der Waals surface area contributed by atoms with E-state index in [1.54, 1.807) is 14.2 Å². The minimum absolute atomic E-state index is 0.0999. The van der Waals surface area contributed by atoms with Gasteiger partial charge in [-0.15, -0.1) is 0 Å².